The predicted octanol–water partition coefficient (Wildman–Crippen LogP) is 3.83. The third-order valence-electron chi connectivity index (χ3n) is 5.18. The molecule has 1 aromatic carbocycles. The van der Waals surface area contributed by atoms with Crippen LogP contribution >= 0.6 is 0 Å². The van der Waals surface area contributed by atoms with E-state index in [0.29, 0.717) is 5.91 Å². The quantitative estimate of drug-likeness (QED) is 0.844. The first-order valence-corrected chi connectivity index (χ1v) is 8.83. The molecule has 1 saturated heterocycles. The highest BCUT2D eigenvalue weighted by molar-refractivity contribution is 5.78. The average Bonchev–Trinajstić information content (AvgIpc) is 3.10. The third-order valence-corrected chi connectivity index (χ3v) is 5.18. The minimum Gasteiger partial charge on any atom is -0.371 e. The summed E-state index contributed by atoms with van der Waals surface area (Å²) in [7, 11) is 1.97. The second kappa shape index (κ2) is 7.17. The van der Waals surface area contributed by atoms with Gasteiger partial charge in [0.25, 0.3) is 0 Å². The van der Waals surface area contributed by atoms with Crippen molar-refractivity contribution in [3.63, 3.8) is 0 Å². The summed E-state index contributed by atoms with van der Waals surface area (Å²) in [5.74, 6) is 0.605. The smallest absolute Gasteiger partial charge is 0.225 e. The lowest BCUT2D eigenvalue weighted by Crippen LogP contribution is -2.34. The van der Waals surface area contributed by atoms with Crippen molar-refractivity contribution in [1.29, 1.82) is 0 Å². The summed E-state index contributed by atoms with van der Waals surface area (Å²) in [5.41, 5.74) is 2.61. The molecular formula is C19H28N2O. The van der Waals surface area contributed by atoms with Crippen molar-refractivity contribution in [3.05, 3.63) is 29.8 Å². The van der Waals surface area contributed by atoms with Gasteiger partial charge in [0.05, 0.1) is 0 Å². The zero-order valence-corrected chi connectivity index (χ0v) is 13.8. The summed E-state index contributed by atoms with van der Waals surface area (Å²) >= 11 is 0. The molecule has 0 atom stereocenters. The summed E-state index contributed by atoms with van der Waals surface area (Å²) in [6.45, 7) is 3.04. The van der Waals surface area contributed by atoms with E-state index in [2.05, 4.69) is 29.2 Å². The van der Waals surface area contributed by atoms with Crippen LogP contribution in [0.5, 0.6) is 0 Å². The molecule has 3 rings (SSSR count). The fourth-order valence-electron chi connectivity index (χ4n) is 3.91. The van der Waals surface area contributed by atoms with Gasteiger partial charge in [-0.1, -0.05) is 37.5 Å². The van der Waals surface area contributed by atoms with Crippen molar-refractivity contribution in [2.45, 2.75) is 51.5 Å². The van der Waals surface area contributed by atoms with E-state index in [1.807, 2.05) is 11.9 Å². The molecule has 0 spiro atoms. The van der Waals surface area contributed by atoms with E-state index in [-0.39, 0.29) is 5.92 Å². The second-order valence-corrected chi connectivity index (χ2v) is 6.85. The van der Waals surface area contributed by atoms with Gasteiger partial charge >= 0.3 is 0 Å². The van der Waals surface area contributed by atoms with Crippen LogP contribution < -0.4 is 4.90 Å². The zero-order valence-electron chi connectivity index (χ0n) is 13.8. The molecule has 2 fully saturated rings. The lowest BCUT2D eigenvalue weighted by molar-refractivity contribution is -0.135. The van der Waals surface area contributed by atoms with Crippen molar-refractivity contribution >= 4 is 11.6 Å². The molecule has 22 heavy (non-hydrogen) atoms. The zero-order chi connectivity index (χ0) is 15.4. The van der Waals surface area contributed by atoms with Gasteiger partial charge in [-0.2, -0.15) is 0 Å². The fraction of sp³-hybridized carbons (Fsp3) is 0.632. The molecule has 1 aliphatic carbocycles. The van der Waals surface area contributed by atoms with Crippen molar-refractivity contribution in [2.24, 2.45) is 5.92 Å². The first-order valence-electron chi connectivity index (χ1n) is 8.83. The minimum absolute atomic E-state index is 0.262. The number of anilines is 1. The molecular weight excluding hydrogens is 272 g/mol. The van der Waals surface area contributed by atoms with Crippen LogP contribution in [0.3, 0.4) is 0 Å². The number of carbonyl (C=O) groups excluding carboxylic acids is 1. The normalized spacial score (nSPS) is 19.4. The van der Waals surface area contributed by atoms with Gasteiger partial charge in [-0.05, 0) is 37.3 Å². The first kappa shape index (κ1) is 15.4. The maximum absolute atomic E-state index is 12.6. The predicted molar refractivity (Wildman–Crippen MR) is 90.9 cm³/mol. The van der Waals surface area contributed by atoms with Crippen LogP contribution in [0.15, 0.2) is 24.3 Å². The van der Waals surface area contributed by atoms with Gasteiger partial charge in [0.2, 0.25) is 5.91 Å². The summed E-state index contributed by atoms with van der Waals surface area (Å²) in [4.78, 5) is 17.1. The SMILES string of the molecule is CN(Cc1ccccc1N1CCCC1)C(=O)C1CCCCC1. The van der Waals surface area contributed by atoms with Gasteiger partial charge in [0.15, 0.2) is 0 Å². The van der Waals surface area contributed by atoms with E-state index in [1.54, 1.807) is 0 Å². The topological polar surface area (TPSA) is 23.6 Å². The van der Waals surface area contributed by atoms with Gasteiger partial charge < -0.3 is 9.80 Å². The van der Waals surface area contributed by atoms with Gasteiger partial charge in [-0.3, -0.25) is 4.79 Å². The Morgan fingerprint density at radius 1 is 1.09 bits per heavy atom. The third kappa shape index (κ3) is 3.45. The van der Waals surface area contributed by atoms with Crippen molar-refractivity contribution in [3.8, 4) is 0 Å². The molecule has 1 aromatic rings. The van der Waals surface area contributed by atoms with E-state index in [1.165, 1.54) is 43.4 Å². The molecule has 3 heteroatoms. The highest BCUT2D eigenvalue weighted by Gasteiger charge is 2.25. The largest absolute Gasteiger partial charge is 0.371 e. The molecule has 1 saturated carbocycles. The van der Waals surface area contributed by atoms with Crippen LogP contribution in [0.4, 0.5) is 5.69 Å². The summed E-state index contributed by atoms with van der Waals surface area (Å²) in [5, 5.41) is 0. The average molecular weight is 300 g/mol. The Labute approximate surface area is 134 Å². The van der Waals surface area contributed by atoms with Gasteiger partial charge in [0, 0.05) is 38.3 Å². The Bertz CT molecular complexity index is 502. The Hall–Kier alpha value is -1.51. The lowest BCUT2D eigenvalue weighted by atomic mass is 9.88. The number of rotatable bonds is 4. The van der Waals surface area contributed by atoms with E-state index in [4.69, 9.17) is 0 Å². The maximum atomic E-state index is 12.6. The van der Waals surface area contributed by atoms with E-state index in [9.17, 15) is 4.79 Å². The number of hydrogen-bond donors (Lipinski definition) is 0. The molecule has 0 unspecified atom stereocenters. The number of carbonyl (C=O) groups is 1. The molecule has 1 heterocycles. The Kier molecular flexibility index (Phi) is 5.01. The van der Waals surface area contributed by atoms with Crippen LogP contribution in [0, 0.1) is 5.92 Å². The molecule has 0 N–H and O–H groups in total. The highest BCUT2D eigenvalue weighted by atomic mass is 16.2. The molecule has 1 amide bonds. The van der Waals surface area contributed by atoms with Crippen molar-refractivity contribution in [2.75, 3.05) is 25.0 Å². The molecule has 120 valence electrons. The molecule has 0 bridgehead atoms. The summed E-state index contributed by atoms with van der Waals surface area (Å²) in [6, 6.07) is 8.59. The highest BCUT2D eigenvalue weighted by Crippen LogP contribution is 2.28. The number of benzene rings is 1. The monoisotopic (exact) mass is 300 g/mol. The Morgan fingerprint density at radius 2 is 1.77 bits per heavy atom. The number of para-hydroxylation sites is 1. The van der Waals surface area contributed by atoms with Crippen molar-refractivity contribution in [1.82, 2.24) is 4.90 Å². The van der Waals surface area contributed by atoms with Gasteiger partial charge in [-0.15, -0.1) is 0 Å². The maximum Gasteiger partial charge on any atom is 0.225 e. The Balaban J connectivity index is 1.68. The van der Waals surface area contributed by atoms with Crippen LogP contribution in [-0.4, -0.2) is 30.9 Å². The second-order valence-electron chi connectivity index (χ2n) is 6.85. The molecule has 1 aliphatic heterocycles. The van der Waals surface area contributed by atoms with Crippen molar-refractivity contribution < 1.29 is 4.79 Å². The number of hydrogen-bond acceptors (Lipinski definition) is 2. The lowest BCUT2D eigenvalue weighted by Gasteiger charge is -2.28. The van der Waals surface area contributed by atoms with Gasteiger partial charge in [0.1, 0.15) is 0 Å². The summed E-state index contributed by atoms with van der Waals surface area (Å²) < 4.78 is 0. The molecule has 2 aliphatic rings. The van der Waals surface area contributed by atoms with Crippen LogP contribution in [0.1, 0.15) is 50.5 Å². The van der Waals surface area contributed by atoms with E-state index in [0.717, 1.165) is 32.5 Å². The number of amides is 1. The molecule has 3 nitrogen and oxygen atoms in total. The van der Waals surface area contributed by atoms with E-state index >= 15 is 0 Å². The van der Waals surface area contributed by atoms with Crippen LogP contribution in [0.25, 0.3) is 0 Å². The Morgan fingerprint density at radius 3 is 2.50 bits per heavy atom. The van der Waals surface area contributed by atoms with E-state index < -0.39 is 0 Å². The van der Waals surface area contributed by atoms with Gasteiger partial charge in [-0.25, -0.2) is 0 Å². The fourth-order valence-corrected chi connectivity index (χ4v) is 3.91. The minimum atomic E-state index is 0.262. The summed E-state index contributed by atoms with van der Waals surface area (Å²) in [6.07, 6.45) is 8.46. The van der Waals surface area contributed by atoms with Crippen LogP contribution in [0.2, 0.25) is 0 Å². The number of nitrogens with zero attached hydrogens (tertiary/aromatic N) is 2. The molecule has 0 radical (unpaired) electrons. The first-order chi connectivity index (χ1) is 10.8. The molecule has 0 aromatic heterocycles. The standard InChI is InChI=1S/C19H28N2O/c1-20(19(22)16-9-3-2-4-10-16)15-17-11-5-6-12-18(17)21-13-7-8-14-21/h5-6,11-12,16H,2-4,7-10,13-15H2,1H3. The van der Waals surface area contributed by atoms with Crippen LogP contribution in [-0.2, 0) is 11.3 Å².